The summed E-state index contributed by atoms with van der Waals surface area (Å²) in [6.45, 7) is 7.81. The van der Waals surface area contributed by atoms with Gasteiger partial charge in [-0.2, -0.15) is 0 Å². The quantitative estimate of drug-likeness (QED) is 0.835. The average molecular weight is 285 g/mol. The number of nitrogens with one attached hydrogen (secondary N) is 1. The van der Waals surface area contributed by atoms with Gasteiger partial charge in [0.25, 0.3) is 0 Å². The van der Waals surface area contributed by atoms with Gasteiger partial charge in [0.05, 0.1) is 5.56 Å². The number of nitrogens with zero attached hydrogens (tertiary/aromatic N) is 2. The molecule has 0 aliphatic heterocycles. The molecule has 0 amide bonds. The van der Waals surface area contributed by atoms with Crippen molar-refractivity contribution in [1.82, 2.24) is 9.97 Å². The van der Waals surface area contributed by atoms with Crippen LogP contribution >= 0.6 is 0 Å². The van der Waals surface area contributed by atoms with E-state index in [2.05, 4.69) is 36.1 Å². The fraction of sp³-hybridized carbons (Fsp3) is 0.412. The second-order valence-corrected chi connectivity index (χ2v) is 5.30. The van der Waals surface area contributed by atoms with Crippen LogP contribution in [0.3, 0.4) is 0 Å². The van der Waals surface area contributed by atoms with E-state index in [1.807, 2.05) is 30.3 Å². The second kappa shape index (κ2) is 7.62. The topological polar surface area (TPSA) is 47.0 Å². The first-order valence-corrected chi connectivity index (χ1v) is 7.47. The molecular formula is C17H23N3O. The molecule has 112 valence electrons. The summed E-state index contributed by atoms with van der Waals surface area (Å²) in [5.41, 5.74) is 2.18. The maximum absolute atomic E-state index is 5.91. The van der Waals surface area contributed by atoms with Crippen molar-refractivity contribution >= 4 is 5.82 Å². The van der Waals surface area contributed by atoms with E-state index in [1.54, 1.807) is 6.33 Å². The lowest BCUT2D eigenvalue weighted by atomic mass is 10.1. The third-order valence-corrected chi connectivity index (χ3v) is 3.19. The molecule has 2 rings (SSSR count). The molecule has 0 spiro atoms. The SMILES string of the molecule is CCCNc1ncnc(OCc2ccccc2)c1C(C)C. The highest BCUT2D eigenvalue weighted by Gasteiger charge is 2.16. The molecule has 0 unspecified atom stereocenters. The summed E-state index contributed by atoms with van der Waals surface area (Å²) in [7, 11) is 0. The Balaban J connectivity index is 2.17. The van der Waals surface area contributed by atoms with Crippen LogP contribution in [0.1, 0.15) is 44.2 Å². The van der Waals surface area contributed by atoms with Crippen LogP contribution in [-0.4, -0.2) is 16.5 Å². The van der Waals surface area contributed by atoms with Crippen LogP contribution in [0, 0.1) is 0 Å². The smallest absolute Gasteiger partial charge is 0.222 e. The predicted molar refractivity (Wildman–Crippen MR) is 85.7 cm³/mol. The van der Waals surface area contributed by atoms with Gasteiger partial charge in [-0.25, -0.2) is 9.97 Å². The molecule has 0 atom stereocenters. The Morgan fingerprint density at radius 1 is 1.14 bits per heavy atom. The Morgan fingerprint density at radius 2 is 1.90 bits per heavy atom. The third-order valence-electron chi connectivity index (χ3n) is 3.19. The van der Waals surface area contributed by atoms with Gasteiger partial charge in [-0.1, -0.05) is 51.1 Å². The molecule has 0 saturated carbocycles. The van der Waals surface area contributed by atoms with Gasteiger partial charge >= 0.3 is 0 Å². The maximum atomic E-state index is 5.91. The first kappa shape index (κ1) is 15.3. The number of rotatable bonds is 7. The first-order valence-electron chi connectivity index (χ1n) is 7.47. The summed E-state index contributed by atoms with van der Waals surface area (Å²) < 4.78 is 5.91. The van der Waals surface area contributed by atoms with E-state index in [4.69, 9.17) is 4.74 Å². The molecule has 0 bridgehead atoms. The van der Waals surface area contributed by atoms with Crippen molar-refractivity contribution in [3.05, 3.63) is 47.8 Å². The van der Waals surface area contributed by atoms with Crippen LogP contribution in [0.25, 0.3) is 0 Å². The van der Waals surface area contributed by atoms with Crippen LogP contribution in [0.2, 0.25) is 0 Å². The summed E-state index contributed by atoms with van der Waals surface area (Å²) in [6, 6.07) is 10.1. The maximum Gasteiger partial charge on any atom is 0.222 e. The molecule has 1 aromatic heterocycles. The Kier molecular flexibility index (Phi) is 5.55. The van der Waals surface area contributed by atoms with Gasteiger partial charge < -0.3 is 10.1 Å². The van der Waals surface area contributed by atoms with Crippen molar-refractivity contribution in [3.63, 3.8) is 0 Å². The van der Waals surface area contributed by atoms with E-state index in [0.717, 1.165) is 29.9 Å². The molecule has 1 N–H and O–H groups in total. The largest absolute Gasteiger partial charge is 0.472 e. The summed E-state index contributed by atoms with van der Waals surface area (Å²) in [4.78, 5) is 8.66. The standard InChI is InChI=1S/C17H23N3O/c1-4-10-18-16-15(13(2)3)17(20-12-19-16)21-11-14-8-6-5-7-9-14/h5-9,12-13H,4,10-11H2,1-3H3,(H,18,19,20). The summed E-state index contributed by atoms with van der Waals surface area (Å²) in [6.07, 6.45) is 2.62. The third kappa shape index (κ3) is 4.18. The van der Waals surface area contributed by atoms with Gasteiger partial charge in [0.2, 0.25) is 5.88 Å². The predicted octanol–water partition coefficient (Wildman–Crippen LogP) is 4.00. The normalized spacial score (nSPS) is 10.7. The van der Waals surface area contributed by atoms with Crippen LogP contribution in [0.5, 0.6) is 5.88 Å². The van der Waals surface area contributed by atoms with Gasteiger partial charge in [-0.3, -0.25) is 0 Å². The van der Waals surface area contributed by atoms with Crippen molar-refractivity contribution in [2.75, 3.05) is 11.9 Å². The number of hydrogen-bond donors (Lipinski definition) is 1. The number of benzene rings is 1. The minimum atomic E-state index is 0.302. The number of hydrogen-bond acceptors (Lipinski definition) is 4. The van der Waals surface area contributed by atoms with Crippen LogP contribution < -0.4 is 10.1 Å². The van der Waals surface area contributed by atoms with Crippen molar-refractivity contribution in [1.29, 1.82) is 0 Å². The van der Waals surface area contributed by atoms with Crippen molar-refractivity contribution < 1.29 is 4.74 Å². The molecule has 1 aromatic carbocycles. The van der Waals surface area contributed by atoms with E-state index in [1.165, 1.54) is 0 Å². The van der Waals surface area contributed by atoms with Gasteiger partial charge in [-0.15, -0.1) is 0 Å². The Labute approximate surface area is 126 Å². The van der Waals surface area contributed by atoms with E-state index in [-0.39, 0.29) is 0 Å². The van der Waals surface area contributed by atoms with Gasteiger partial charge in [-0.05, 0) is 17.9 Å². The zero-order valence-electron chi connectivity index (χ0n) is 13.0. The number of anilines is 1. The van der Waals surface area contributed by atoms with Crippen LogP contribution in [0.4, 0.5) is 5.82 Å². The Bertz CT molecular complexity index is 555. The summed E-state index contributed by atoms with van der Waals surface area (Å²) in [5, 5.41) is 3.35. The van der Waals surface area contributed by atoms with Crippen LogP contribution in [0.15, 0.2) is 36.7 Å². The molecule has 0 radical (unpaired) electrons. The van der Waals surface area contributed by atoms with Gasteiger partial charge in [0.15, 0.2) is 0 Å². The lowest BCUT2D eigenvalue weighted by Gasteiger charge is -2.17. The molecule has 0 aliphatic rings. The van der Waals surface area contributed by atoms with Crippen LogP contribution in [-0.2, 0) is 6.61 Å². The second-order valence-electron chi connectivity index (χ2n) is 5.30. The molecule has 0 fully saturated rings. The monoisotopic (exact) mass is 285 g/mol. The Hall–Kier alpha value is -2.10. The summed E-state index contributed by atoms with van der Waals surface area (Å²) >= 11 is 0. The fourth-order valence-electron chi connectivity index (χ4n) is 2.13. The van der Waals surface area contributed by atoms with Gasteiger partial charge in [0, 0.05) is 6.54 Å². The first-order chi connectivity index (χ1) is 10.2. The van der Waals surface area contributed by atoms with E-state index in [0.29, 0.717) is 18.4 Å². The minimum Gasteiger partial charge on any atom is -0.472 e. The highest BCUT2D eigenvalue weighted by Crippen LogP contribution is 2.30. The van der Waals surface area contributed by atoms with Crippen molar-refractivity contribution in [2.45, 2.75) is 39.7 Å². The molecule has 1 heterocycles. The lowest BCUT2D eigenvalue weighted by Crippen LogP contribution is -2.10. The molecule has 21 heavy (non-hydrogen) atoms. The minimum absolute atomic E-state index is 0.302. The molecule has 0 aliphatic carbocycles. The number of ether oxygens (including phenoxy) is 1. The highest BCUT2D eigenvalue weighted by molar-refractivity contribution is 5.50. The van der Waals surface area contributed by atoms with E-state index < -0.39 is 0 Å². The van der Waals surface area contributed by atoms with E-state index >= 15 is 0 Å². The van der Waals surface area contributed by atoms with Gasteiger partial charge in [0.1, 0.15) is 18.8 Å². The fourth-order valence-corrected chi connectivity index (χ4v) is 2.13. The number of aromatic nitrogens is 2. The molecule has 2 aromatic rings. The molecule has 4 heteroatoms. The molecule has 0 saturated heterocycles. The average Bonchev–Trinajstić information content (AvgIpc) is 2.51. The zero-order valence-corrected chi connectivity index (χ0v) is 13.0. The van der Waals surface area contributed by atoms with E-state index in [9.17, 15) is 0 Å². The summed E-state index contributed by atoms with van der Waals surface area (Å²) in [5.74, 6) is 1.85. The molecule has 4 nitrogen and oxygen atoms in total. The Morgan fingerprint density at radius 3 is 2.57 bits per heavy atom. The van der Waals surface area contributed by atoms with Crippen molar-refractivity contribution in [3.8, 4) is 5.88 Å². The zero-order chi connectivity index (χ0) is 15.1. The highest BCUT2D eigenvalue weighted by atomic mass is 16.5. The molecular weight excluding hydrogens is 262 g/mol. The lowest BCUT2D eigenvalue weighted by molar-refractivity contribution is 0.289. The van der Waals surface area contributed by atoms with Crippen molar-refractivity contribution in [2.24, 2.45) is 0 Å².